The number of halogens is 4. The monoisotopic (exact) mass is 380 g/mol. The molecule has 1 unspecified atom stereocenters. The molecule has 0 aliphatic heterocycles. The molecule has 0 fully saturated rings. The van der Waals surface area contributed by atoms with Gasteiger partial charge in [0.05, 0.1) is 21.4 Å². The predicted molar refractivity (Wildman–Crippen MR) is 80.7 cm³/mol. The van der Waals surface area contributed by atoms with E-state index in [0.717, 1.165) is 6.07 Å². The van der Waals surface area contributed by atoms with Crippen LogP contribution in [0, 0.1) is 5.82 Å². The van der Waals surface area contributed by atoms with Gasteiger partial charge in [0.2, 0.25) is 0 Å². The number of aryl methyl sites for hydroxylation is 1. The van der Waals surface area contributed by atoms with Gasteiger partial charge in [0.15, 0.2) is 0 Å². The molecule has 1 aromatic carbocycles. The Morgan fingerprint density at radius 3 is 2.65 bits per heavy atom. The summed E-state index contributed by atoms with van der Waals surface area (Å²) in [4.78, 5) is 0. The molecule has 0 radical (unpaired) electrons. The molecular weight excluding hydrogens is 370 g/mol. The lowest BCUT2D eigenvalue weighted by atomic mass is 9.92. The average Bonchev–Trinajstić information content (AvgIpc) is 2.75. The summed E-state index contributed by atoms with van der Waals surface area (Å²) in [5.41, 5.74) is -0.769. The van der Waals surface area contributed by atoms with Crippen molar-refractivity contribution in [2.24, 2.45) is 0 Å². The zero-order valence-corrected chi connectivity index (χ0v) is 13.9. The molecule has 7 heteroatoms. The van der Waals surface area contributed by atoms with Crippen LogP contribution in [0.5, 0.6) is 0 Å². The molecule has 108 valence electrons. The predicted octanol–water partition coefficient (Wildman–Crippen LogP) is 4.37. The van der Waals surface area contributed by atoms with E-state index < -0.39 is 11.4 Å². The Morgan fingerprint density at radius 1 is 1.40 bits per heavy atom. The zero-order valence-electron chi connectivity index (χ0n) is 10.8. The van der Waals surface area contributed by atoms with Crippen LogP contribution in [0.25, 0.3) is 0 Å². The van der Waals surface area contributed by atoms with Crippen LogP contribution in [0.2, 0.25) is 10.0 Å². The number of aliphatic hydroxyl groups is 1. The number of rotatable bonds is 3. The highest BCUT2D eigenvalue weighted by Gasteiger charge is 2.34. The van der Waals surface area contributed by atoms with Crippen molar-refractivity contribution in [1.82, 2.24) is 9.78 Å². The Bertz CT molecular complexity index is 658. The summed E-state index contributed by atoms with van der Waals surface area (Å²) in [7, 11) is 0. The van der Waals surface area contributed by atoms with Crippen LogP contribution in [0.4, 0.5) is 4.39 Å². The highest BCUT2D eigenvalue weighted by molar-refractivity contribution is 9.10. The second kappa shape index (κ2) is 5.64. The van der Waals surface area contributed by atoms with E-state index in [0.29, 0.717) is 16.7 Å². The van der Waals surface area contributed by atoms with Crippen LogP contribution in [0.1, 0.15) is 25.1 Å². The molecule has 1 N–H and O–H groups in total. The van der Waals surface area contributed by atoms with Crippen LogP contribution in [-0.4, -0.2) is 14.9 Å². The van der Waals surface area contributed by atoms with Crippen LogP contribution in [0.15, 0.2) is 22.8 Å². The standard InChI is InChI=1S/C13H12BrCl2FN2O/c1-3-19-12(8(14)6-18-19)13(2,20)7-4-11(17)10(16)5-9(7)15/h4-6,20H,3H2,1-2H3. The van der Waals surface area contributed by atoms with Crippen LogP contribution >= 0.6 is 39.1 Å². The minimum Gasteiger partial charge on any atom is -0.379 e. The highest BCUT2D eigenvalue weighted by Crippen LogP contribution is 2.39. The maximum Gasteiger partial charge on any atom is 0.142 e. The summed E-state index contributed by atoms with van der Waals surface area (Å²) in [5, 5.41) is 15.1. The third-order valence-electron chi connectivity index (χ3n) is 3.09. The van der Waals surface area contributed by atoms with Gasteiger partial charge in [-0.15, -0.1) is 0 Å². The van der Waals surface area contributed by atoms with Gasteiger partial charge in [0.25, 0.3) is 0 Å². The molecule has 20 heavy (non-hydrogen) atoms. The van der Waals surface area contributed by atoms with Gasteiger partial charge in [-0.25, -0.2) is 4.39 Å². The van der Waals surface area contributed by atoms with Crippen molar-refractivity contribution in [3.05, 3.63) is 49.9 Å². The van der Waals surface area contributed by atoms with Gasteiger partial charge in [-0.05, 0) is 41.9 Å². The summed E-state index contributed by atoms with van der Waals surface area (Å²) in [6.45, 7) is 3.99. The van der Waals surface area contributed by atoms with E-state index in [9.17, 15) is 9.50 Å². The minimum atomic E-state index is -1.51. The van der Waals surface area contributed by atoms with E-state index >= 15 is 0 Å². The number of nitrogens with zero attached hydrogens (tertiary/aromatic N) is 2. The molecule has 0 amide bonds. The lowest BCUT2D eigenvalue weighted by Crippen LogP contribution is -2.28. The Morgan fingerprint density at radius 2 is 2.05 bits per heavy atom. The molecule has 1 aromatic heterocycles. The first-order chi connectivity index (χ1) is 9.28. The van der Waals surface area contributed by atoms with E-state index in [1.807, 2.05) is 6.92 Å². The molecular formula is C13H12BrCl2FN2O. The zero-order chi connectivity index (χ0) is 15.1. The molecule has 3 nitrogen and oxygen atoms in total. The van der Waals surface area contributed by atoms with Gasteiger partial charge in [-0.2, -0.15) is 5.10 Å². The summed E-state index contributed by atoms with van der Waals surface area (Å²) < 4.78 is 15.9. The van der Waals surface area contributed by atoms with Crippen molar-refractivity contribution in [1.29, 1.82) is 0 Å². The van der Waals surface area contributed by atoms with Gasteiger partial charge in [0, 0.05) is 17.1 Å². The molecule has 2 rings (SSSR count). The fourth-order valence-electron chi connectivity index (χ4n) is 2.11. The van der Waals surface area contributed by atoms with Crippen LogP contribution < -0.4 is 0 Å². The van der Waals surface area contributed by atoms with Crippen molar-refractivity contribution in [2.75, 3.05) is 0 Å². The molecule has 1 atom stereocenters. The fourth-order valence-corrected chi connectivity index (χ4v) is 3.36. The summed E-state index contributed by atoms with van der Waals surface area (Å²) in [6.07, 6.45) is 1.58. The first kappa shape index (κ1) is 15.8. The Labute approximate surface area is 134 Å². The van der Waals surface area contributed by atoms with Gasteiger partial charge >= 0.3 is 0 Å². The van der Waals surface area contributed by atoms with Crippen LogP contribution in [0.3, 0.4) is 0 Å². The van der Waals surface area contributed by atoms with Crippen molar-refractivity contribution in [2.45, 2.75) is 26.0 Å². The molecule has 0 aliphatic carbocycles. The largest absolute Gasteiger partial charge is 0.379 e. The van der Waals surface area contributed by atoms with Gasteiger partial charge in [0.1, 0.15) is 11.4 Å². The van der Waals surface area contributed by atoms with E-state index in [2.05, 4.69) is 21.0 Å². The SMILES string of the molecule is CCn1ncc(Br)c1C(C)(O)c1cc(F)c(Cl)cc1Cl. The molecule has 0 spiro atoms. The van der Waals surface area contributed by atoms with Crippen LogP contribution in [-0.2, 0) is 12.1 Å². The van der Waals surface area contributed by atoms with Gasteiger partial charge in [-0.3, -0.25) is 4.68 Å². The van der Waals surface area contributed by atoms with Crippen molar-refractivity contribution < 1.29 is 9.50 Å². The lowest BCUT2D eigenvalue weighted by molar-refractivity contribution is 0.0907. The number of hydrogen-bond donors (Lipinski definition) is 1. The molecule has 0 saturated heterocycles. The summed E-state index contributed by atoms with van der Waals surface area (Å²) in [5.74, 6) is -0.634. The highest BCUT2D eigenvalue weighted by atomic mass is 79.9. The second-order valence-corrected chi connectivity index (χ2v) is 6.14. The van der Waals surface area contributed by atoms with Gasteiger partial charge in [-0.1, -0.05) is 23.2 Å². The van der Waals surface area contributed by atoms with E-state index in [4.69, 9.17) is 23.2 Å². The van der Waals surface area contributed by atoms with Crippen molar-refractivity contribution in [3.8, 4) is 0 Å². The number of hydrogen-bond acceptors (Lipinski definition) is 2. The number of benzene rings is 1. The molecule has 0 aliphatic rings. The average molecular weight is 382 g/mol. The maximum atomic E-state index is 13.7. The van der Waals surface area contributed by atoms with E-state index in [-0.39, 0.29) is 15.6 Å². The van der Waals surface area contributed by atoms with Crippen molar-refractivity contribution in [3.63, 3.8) is 0 Å². The maximum absolute atomic E-state index is 13.7. The third-order valence-corrected chi connectivity index (χ3v) is 4.27. The third kappa shape index (κ3) is 2.60. The first-order valence-electron chi connectivity index (χ1n) is 5.88. The quantitative estimate of drug-likeness (QED) is 0.801. The van der Waals surface area contributed by atoms with E-state index in [1.165, 1.54) is 13.0 Å². The van der Waals surface area contributed by atoms with E-state index in [1.54, 1.807) is 10.9 Å². The lowest BCUT2D eigenvalue weighted by Gasteiger charge is -2.26. The molecule has 0 bridgehead atoms. The normalized spacial score (nSPS) is 14.3. The summed E-state index contributed by atoms with van der Waals surface area (Å²) in [6, 6.07) is 2.42. The smallest absolute Gasteiger partial charge is 0.142 e. The fraction of sp³-hybridized carbons (Fsp3) is 0.308. The minimum absolute atomic E-state index is 0.0855. The second-order valence-electron chi connectivity index (χ2n) is 4.48. The van der Waals surface area contributed by atoms with Crippen molar-refractivity contribution >= 4 is 39.1 Å². The van der Waals surface area contributed by atoms with Gasteiger partial charge < -0.3 is 5.11 Å². The topological polar surface area (TPSA) is 38.0 Å². The molecule has 1 heterocycles. The number of aromatic nitrogens is 2. The Balaban J connectivity index is 2.66. The summed E-state index contributed by atoms with van der Waals surface area (Å²) >= 11 is 15.1. The first-order valence-corrected chi connectivity index (χ1v) is 7.43. The Hall–Kier alpha value is -0.620. The molecule has 0 saturated carbocycles. The molecule has 2 aromatic rings. The Kier molecular flexibility index (Phi) is 4.44.